The Kier molecular flexibility index (Phi) is 6.29. The summed E-state index contributed by atoms with van der Waals surface area (Å²) in [4.78, 5) is 27.0. The van der Waals surface area contributed by atoms with Gasteiger partial charge in [0.25, 0.3) is 0 Å². The molecule has 5 nitrogen and oxygen atoms in total. The topological polar surface area (TPSA) is 79.3 Å². The molecule has 1 amide bonds. The van der Waals surface area contributed by atoms with E-state index in [1.54, 1.807) is 24.5 Å². The standard InChI is InChI=1S/C18H20N2O3/c21-17(12-15-8-10-19-11-9-15)20-16(13-18(22)23)7-6-14-4-2-1-3-5-14/h1-5,8-11,16H,6-7,12-13H2,(H,20,21)(H,22,23)/t16-/m1/s1. The van der Waals surface area contributed by atoms with Gasteiger partial charge in [-0.15, -0.1) is 0 Å². The number of pyridine rings is 1. The number of benzene rings is 1. The number of nitrogens with one attached hydrogen (secondary N) is 1. The first-order valence-corrected chi connectivity index (χ1v) is 7.57. The number of carboxylic acids is 1. The number of amides is 1. The molecule has 5 heteroatoms. The van der Waals surface area contributed by atoms with E-state index in [2.05, 4.69) is 10.3 Å². The van der Waals surface area contributed by atoms with Gasteiger partial charge in [-0.1, -0.05) is 30.3 Å². The Balaban J connectivity index is 1.89. The molecule has 0 aliphatic carbocycles. The lowest BCUT2D eigenvalue weighted by molar-refractivity contribution is -0.137. The lowest BCUT2D eigenvalue weighted by atomic mass is 10.0. The molecule has 0 fully saturated rings. The van der Waals surface area contributed by atoms with Gasteiger partial charge >= 0.3 is 5.97 Å². The SMILES string of the molecule is O=C(O)C[C@@H](CCc1ccccc1)NC(=O)Cc1ccncc1. The highest BCUT2D eigenvalue weighted by molar-refractivity contribution is 5.79. The van der Waals surface area contributed by atoms with E-state index >= 15 is 0 Å². The lowest BCUT2D eigenvalue weighted by Crippen LogP contribution is -2.37. The van der Waals surface area contributed by atoms with E-state index in [1.165, 1.54) is 0 Å². The van der Waals surface area contributed by atoms with Crippen LogP contribution in [-0.4, -0.2) is 28.0 Å². The predicted molar refractivity (Wildman–Crippen MR) is 86.9 cm³/mol. The summed E-state index contributed by atoms with van der Waals surface area (Å²) in [6.45, 7) is 0. The molecular formula is C18H20N2O3. The molecule has 0 saturated heterocycles. The fraction of sp³-hybridized carbons (Fsp3) is 0.278. The van der Waals surface area contributed by atoms with Crippen LogP contribution in [0.3, 0.4) is 0 Å². The summed E-state index contributed by atoms with van der Waals surface area (Å²) in [5.41, 5.74) is 1.99. The van der Waals surface area contributed by atoms with E-state index in [9.17, 15) is 9.59 Å². The molecule has 0 aliphatic heterocycles. The highest BCUT2D eigenvalue weighted by Gasteiger charge is 2.16. The number of rotatable bonds is 8. The van der Waals surface area contributed by atoms with Crippen LogP contribution >= 0.6 is 0 Å². The molecule has 0 radical (unpaired) electrons. The molecule has 0 bridgehead atoms. The molecule has 1 aromatic carbocycles. The molecule has 23 heavy (non-hydrogen) atoms. The van der Waals surface area contributed by atoms with Crippen molar-refractivity contribution in [2.75, 3.05) is 0 Å². The van der Waals surface area contributed by atoms with Crippen molar-refractivity contribution in [1.82, 2.24) is 10.3 Å². The minimum atomic E-state index is -0.910. The van der Waals surface area contributed by atoms with Crippen molar-refractivity contribution in [1.29, 1.82) is 0 Å². The van der Waals surface area contributed by atoms with E-state index in [1.807, 2.05) is 30.3 Å². The Labute approximate surface area is 135 Å². The smallest absolute Gasteiger partial charge is 0.305 e. The molecule has 1 atom stereocenters. The van der Waals surface area contributed by atoms with Crippen LogP contribution in [0.5, 0.6) is 0 Å². The Morgan fingerprint density at radius 3 is 2.39 bits per heavy atom. The van der Waals surface area contributed by atoms with Gasteiger partial charge in [0.1, 0.15) is 0 Å². The zero-order valence-corrected chi connectivity index (χ0v) is 12.8. The summed E-state index contributed by atoms with van der Waals surface area (Å²) >= 11 is 0. The van der Waals surface area contributed by atoms with E-state index < -0.39 is 5.97 Å². The van der Waals surface area contributed by atoms with E-state index in [0.717, 1.165) is 17.5 Å². The highest BCUT2D eigenvalue weighted by atomic mass is 16.4. The molecule has 1 heterocycles. The number of carbonyl (C=O) groups excluding carboxylic acids is 1. The first-order valence-electron chi connectivity index (χ1n) is 7.57. The minimum absolute atomic E-state index is 0.0745. The molecule has 1 aromatic heterocycles. The quantitative estimate of drug-likeness (QED) is 0.783. The van der Waals surface area contributed by atoms with Gasteiger partial charge in [-0.2, -0.15) is 0 Å². The minimum Gasteiger partial charge on any atom is -0.481 e. The summed E-state index contributed by atoms with van der Waals surface area (Å²) in [6, 6.07) is 13.0. The maximum absolute atomic E-state index is 12.1. The zero-order chi connectivity index (χ0) is 16.5. The van der Waals surface area contributed by atoms with Crippen LogP contribution in [0.1, 0.15) is 24.0 Å². The van der Waals surface area contributed by atoms with Crippen LogP contribution in [0.15, 0.2) is 54.9 Å². The van der Waals surface area contributed by atoms with Crippen LogP contribution in [0, 0.1) is 0 Å². The lowest BCUT2D eigenvalue weighted by Gasteiger charge is -2.17. The fourth-order valence-corrected chi connectivity index (χ4v) is 2.39. The average molecular weight is 312 g/mol. The van der Waals surface area contributed by atoms with E-state index in [4.69, 9.17) is 5.11 Å². The first-order chi connectivity index (χ1) is 11.1. The van der Waals surface area contributed by atoms with Crippen molar-refractivity contribution >= 4 is 11.9 Å². The van der Waals surface area contributed by atoms with Crippen molar-refractivity contribution in [3.8, 4) is 0 Å². The molecule has 2 rings (SSSR count). The molecular weight excluding hydrogens is 292 g/mol. The van der Waals surface area contributed by atoms with Crippen molar-refractivity contribution in [3.63, 3.8) is 0 Å². The van der Waals surface area contributed by atoms with Crippen LogP contribution in [0.2, 0.25) is 0 Å². The summed E-state index contributed by atoms with van der Waals surface area (Å²) in [5.74, 6) is -1.08. The third-order valence-electron chi connectivity index (χ3n) is 3.52. The number of carbonyl (C=O) groups is 2. The van der Waals surface area contributed by atoms with Crippen molar-refractivity contribution in [2.24, 2.45) is 0 Å². The third-order valence-corrected chi connectivity index (χ3v) is 3.52. The second-order valence-corrected chi connectivity index (χ2v) is 5.42. The molecule has 120 valence electrons. The van der Waals surface area contributed by atoms with Crippen molar-refractivity contribution in [2.45, 2.75) is 31.7 Å². The number of aromatic nitrogens is 1. The van der Waals surface area contributed by atoms with Crippen molar-refractivity contribution < 1.29 is 14.7 Å². The van der Waals surface area contributed by atoms with Crippen molar-refractivity contribution in [3.05, 3.63) is 66.0 Å². The second kappa shape index (κ2) is 8.68. The van der Waals surface area contributed by atoms with E-state index in [-0.39, 0.29) is 24.8 Å². The number of nitrogens with zero attached hydrogens (tertiary/aromatic N) is 1. The molecule has 0 saturated carbocycles. The average Bonchev–Trinajstić information content (AvgIpc) is 2.54. The van der Waals surface area contributed by atoms with E-state index in [0.29, 0.717) is 6.42 Å². The summed E-state index contributed by atoms with van der Waals surface area (Å²) in [6.07, 6.45) is 4.74. The Morgan fingerprint density at radius 2 is 1.74 bits per heavy atom. The van der Waals surface area contributed by atoms with Gasteiger partial charge in [-0.3, -0.25) is 14.6 Å². The number of hydrogen-bond donors (Lipinski definition) is 2. The summed E-state index contributed by atoms with van der Waals surface area (Å²) < 4.78 is 0. The maximum Gasteiger partial charge on any atom is 0.305 e. The summed E-state index contributed by atoms with van der Waals surface area (Å²) in [5, 5.41) is 11.9. The molecule has 2 aromatic rings. The monoisotopic (exact) mass is 312 g/mol. The van der Waals surface area contributed by atoms with Gasteiger partial charge in [0.05, 0.1) is 12.8 Å². The second-order valence-electron chi connectivity index (χ2n) is 5.42. The molecule has 0 spiro atoms. The molecule has 0 unspecified atom stereocenters. The van der Waals surface area contributed by atoms with Crippen LogP contribution < -0.4 is 5.32 Å². The summed E-state index contributed by atoms with van der Waals surface area (Å²) in [7, 11) is 0. The van der Waals surface area contributed by atoms with Gasteiger partial charge in [0.15, 0.2) is 0 Å². The Morgan fingerprint density at radius 1 is 1.04 bits per heavy atom. The third kappa shape index (κ3) is 6.30. The largest absolute Gasteiger partial charge is 0.481 e. The number of carboxylic acid groups (broad SMARTS) is 1. The normalized spacial score (nSPS) is 11.7. The van der Waals surface area contributed by atoms with Crippen LogP contribution in [0.25, 0.3) is 0 Å². The zero-order valence-electron chi connectivity index (χ0n) is 12.8. The Hall–Kier alpha value is -2.69. The Bertz CT molecular complexity index is 629. The molecule has 2 N–H and O–H groups in total. The number of hydrogen-bond acceptors (Lipinski definition) is 3. The van der Waals surface area contributed by atoms with Gasteiger partial charge < -0.3 is 10.4 Å². The number of aliphatic carboxylic acids is 1. The highest BCUT2D eigenvalue weighted by Crippen LogP contribution is 2.08. The van der Waals surface area contributed by atoms with Gasteiger partial charge in [0, 0.05) is 18.4 Å². The number of aryl methyl sites for hydroxylation is 1. The van der Waals surface area contributed by atoms with Gasteiger partial charge in [-0.25, -0.2) is 0 Å². The van der Waals surface area contributed by atoms with Crippen LogP contribution in [0.4, 0.5) is 0 Å². The predicted octanol–water partition coefficient (Wildman–Crippen LogP) is 2.22. The maximum atomic E-state index is 12.1. The fourth-order valence-electron chi connectivity index (χ4n) is 2.39. The van der Waals surface area contributed by atoms with Crippen LogP contribution in [-0.2, 0) is 22.4 Å². The molecule has 0 aliphatic rings. The van der Waals surface area contributed by atoms with Gasteiger partial charge in [0.2, 0.25) is 5.91 Å². The van der Waals surface area contributed by atoms with Gasteiger partial charge in [-0.05, 0) is 36.1 Å². The first kappa shape index (κ1) is 16.7.